The molecule has 1 fully saturated rings. The van der Waals surface area contributed by atoms with Gasteiger partial charge in [-0.15, -0.1) is 0 Å². The minimum absolute atomic E-state index is 0.669. The second-order valence-corrected chi connectivity index (χ2v) is 4.82. The molecule has 2 heteroatoms. The zero-order valence-corrected chi connectivity index (χ0v) is 9.72. The lowest BCUT2D eigenvalue weighted by Gasteiger charge is -2.14. The van der Waals surface area contributed by atoms with Gasteiger partial charge in [0.2, 0.25) is 0 Å². The molecule has 84 valence electrons. The fourth-order valence-corrected chi connectivity index (χ4v) is 1.91. The Morgan fingerprint density at radius 2 is 2.21 bits per heavy atom. The van der Waals surface area contributed by atoms with Crippen molar-refractivity contribution in [1.29, 1.82) is 0 Å². The van der Waals surface area contributed by atoms with E-state index in [0.29, 0.717) is 5.92 Å². The highest BCUT2D eigenvalue weighted by atomic mass is 16.5. The SMILES string of the molecule is CC(C)COCCC1CCCCNC1. The molecule has 0 aliphatic carbocycles. The van der Waals surface area contributed by atoms with E-state index < -0.39 is 0 Å². The summed E-state index contributed by atoms with van der Waals surface area (Å²) in [7, 11) is 0. The van der Waals surface area contributed by atoms with E-state index in [-0.39, 0.29) is 0 Å². The van der Waals surface area contributed by atoms with E-state index >= 15 is 0 Å². The molecule has 0 radical (unpaired) electrons. The van der Waals surface area contributed by atoms with Crippen LogP contribution in [0, 0.1) is 11.8 Å². The molecule has 1 rings (SSSR count). The van der Waals surface area contributed by atoms with E-state index in [4.69, 9.17) is 4.74 Å². The summed E-state index contributed by atoms with van der Waals surface area (Å²) in [5.74, 6) is 1.52. The van der Waals surface area contributed by atoms with E-state index in [9.17, 15) is 0 Å². The van der Waals surface area contributed by atoms with Crippen LogP contribution in [-0.4, -0.2) is 26.3 Å². The van der Waals surface area contributed by atoms with E-state index in [1.54, 1.807) is 0 Å². The van der Waals surface area contributed by atoms with E-state index in [0.717, 1.165) is 19.1 Å². The third-order valence-electron chi connectivity index (χ3n) is 2.77. The molecule has 0 aromatic rings. The summed E-state index contributed by atoms with van der Waals surface area (Å²) in [6, 6.07) is 0. The van der Waals surface area contributed by atoms with Gasteiger partial charge in [0, 0.05) is 13.2 Å². The van der Waals surface area contributed by atoms with Crippen molar-refractivity contribution in [1.82, 2.24) is 5.32 Å². The molecule has 14 heavy (non-hydrogen) atoms. The van der Waals surface area contributed by atoms with Crippen molar-refractivity contribution >= 4 is 0 Å². The lowest BCUT2D eigenvalue weighted by Crippen LogP contribution is -2.21. The summed E-state index contributed by atoms with van der Waals surface area (Å²) < 4.78 is 5.61. The Balaban J connectivity index is 1.99. The van der Waals surface area contributed by atoms with E-state index in [1.807, 2.05) is 0 Å². The fraction of sp³-hybridized carbons (Fsp3) is 1.00. The van der Waals surface area contributed by atoms with Gasteiger partial charge < -0.3 is 10.1 Å². The van der Waals surface area contributed by atoms with E-state index in [1.165, 1.54) is 38.8 Å². The van der Waals surface area contributed by atoms with Crippen LogP contribution >= 0.6 is 0 Å². The Bertz CT molecular complexity index is 128. The van der Waals surface area contributed by atoms with Crippen molar-refractivity contribution in [3.05, 3.63) is 0 Å². The first-order chi connectivity index (χ1) is 6.79. The predicted octanol–water partition coefficient (Wildman–Crippen LogP) is 2.44. The Labute approximate surface area is 88.4 Å². The van der Waals surface area contributed by atoms with Gasteiger partial charge in [-0.2, -0.15) is 0 Å². The lowest BCUT2D eigenvalue weighted by molar-refractivity contribution is 0.0972. The summed E-state index contributed by atoms with van der Waals surface area (Å²) in [6.07, 6.45) is 5.36. The van der Waals surface area contributed by atoms with Crippen LogP contribution in [0.1, 0.15) is 39.5 Å². The Morgan fingerprint density at radius 3 is 3.00 bits per heavy atom. The summed E-state index contributed by atoms with van der Waals surface area (Å²) in [5.41, 5.74) is 0. The molecule has 1 heterocycles. The number of ether oxygens (including phenoxy) is 1. The quantitative estimate of drug-likeness (QED) is 0.687. The zero-order chi connectivity index (χ0) is 10.2. The number of hydrogen-bond donors (Lipinski definition) is 1. The van der Waals surface area contributed by atoms with Crippen LogP contribution < -0.4 is 5.32 Å². The molecule has 0 aromatic carbocycles. The van der Waals surface area contributed by atoms with Crippen molar-refractivity contribution < 1.29 is 4.74 Å². The summed E-state index contributed by atoms with van der Waals surface area (Å²) in [4.78, 5) is 0. The van der Waals surface area contributed by atoms with Crippen molar-refractivity contribution in [2.45, 2.75) is 39.5 Å². The molecular weight excluding hydrogens is 174 g/mol. The van der Waals surface area contributed by atoms with Gasteiger partial charge >= 0.3 is 0 Å². The van der Waals surface area contributed by atoms with Crippen LogP contribution in [0.25, 0.3) is 0 Å². The molecule has 1 aliphatic heterocycles. The maximum absolute atomic E-state index is 5.61. The second kappa shape index (κ2) is 7.24. The smallest absolute Gasteiger partial charge is 0.0488 e. The summed E-state index contributed by atoms with van der Waals surface area (Å²) >= 11 is 0. The van der Waals surface area contributed by atoms with Crippen LogP contribution in [0.4, 0.5) is 0 Å². The van der Waals surface area contributed by atoms with Crippen molar-refractivity contribution in [3.8, 4) is 0 Å². The number of rotatable bonds is 5. The normalized spacial score (nSPS) is 23.8. The number of hydrogen-bond acceptors (Lipinski definition) is 2. The van der Waals surface area contributed by atoms with Crippen LogP contribution in [-0.2, 0) is 4.74 Å². The molecule has 0 aromatic heterocycles. The average Bonchev–Trinajstić information content (AvgIpc) is 2.40. The van der Waals surface area contributed by atoms with Gasteiger partial charge in [-0.25, -0.2) is 0 Å². The first-order valence-electron chi connectivity index (χ1n) is 6.07. The van der Waals surface area contributed by atoms with Crippen molar-refractivity contribution in [2.75, 3.05) is 26.3 Å². The summed E-state index contributed by atoms with van der Waals surface area (Å²) in [6.45, 7) is 8.68. The van der Waals surface area contributed by atoms with Gasteiger partial charge in [0.25, 0.3) is 0 Å². The molecule has 2 nitrogen and oxygen atoms in total. The van der Waals surface area contributed by atoms with Crippen molar-refractivity contribution in [2.24, 2.45) is 11.8 Å². The maximum Gasteiger partial charge on any atom is 0.0488 e. The van der Waals surface area contributed by atoms with E-state index in [2.05, 4.69) is 19.2 Å². The van der Waals surface area contributed by atoms with Gasteiger partial charge in [-0.05, 0) is 44.2 Å². The largest absolute Gasteiger partial charge is 0.381 e. The molecule has 1 unspecified atom stereocenters. The van der Waals surface area contributed by atoms with Crippen LogP contribution in [0.3, 0.4) is 0 Å². The zero-order valence-electron chi connectivity index (χ0n) is 9.72. The fourth-order valence-electron chi connectivity index (χ4n) is 1.91. The van der Waals surface area contributed by atoms with Gasteiger partial charge in [-0.1, -0.05) is 20.3 Å². The Kier molecular flexibility index (Phi) is 6.20. The first kappa shape index (κ1) is 12.0. The van der Waals surface area contributed by atoms with Crippen LogP contribution in [0.5, 0.6) is 0 Å². The molecule has 1 aliphatic rings. The van der Waals surface area contributed by atoms with Crippen molar-refractivity contribution in [3.63, 3.8) is 0 Å². The monoisotopic (exact) mass is 199 g/mol. The molecule has 1 saturated heterocycles. The Hall–Kier alpha value is -0.0800. The number of nitrogens with one attached hydrogen (secondary N) is 1. The molecule has 0 spiro atoms. The third kappa shape index (κ3) is 5.61. The first-order valence-corrected chi connectivity index (χ1v) is 6.07. The van der Waals surface area contributed by atoms with Gasteiger partial charge in [0.05, 0.1) is 0 Å². The highest BCUT2D eigenvalue weighted by molar-refractivity contribution is 4.67. The van der Waals surface area contributed by atoms with Gasteiger partial charge in [0.15, 0.2) is 0 Å². The molecule has 0 saturated carbocycles. The average molecular weight is 199 g/mol. The van der Waals surface area contributed by atoms with Crippen LogP contribution in [0.2, 0.25) is 0 Å². The highest BCUT2D eigenvalue weighted by Crippen LogP contribution is 2.14. The van der Waals surface area contributed by atoms with Crippen LogP contribution in [0.15, 0.2) is 0 Å². The second-order valence-electron chi connectivity index (χ2n) is 4.82. The molecule has 0 amide bonds. The topological polar surface area (TPSA) is 21.3 Å². The third-order valence-corrected chi connectivity index (χ3v) is 2.77. The lowest BCUT2D eigenvalue weighted by atomic mass is 10.0. The van der Waals surface area contributed by atoms with Gasteiger partial charge in [0.1, 0.15) is 0 Å². The predicted molar refractivity (Wildman–Crippen MR) is 60.5 cm³/mol. The minimum atomic E-state index is 0.669. The summed E-state index contributed by atoms with van der Waals surface area (Å²) in [5, 5.41) is 3.49. The highest BCUT2D eigenvalue weighted by Gasteiger charge is 2.11. The maximum atomic E-state index is 5.61. The molecule has 1 N–H and O–H groups in total. The Morgan fingerprint density at radius 1 is 1.36 bits per heavy atom. The standard InChI is InChI=1S/C12H25NO/c1-11(2)10-14-8-6-12-5-3-4-7-13-9-12/h11-13H,3-10H2,1-2H3. The molecule has 0 bridgehead atoms. The molecular formula is C12H25NO. The minimum Gasteiger partial charge on any atom is -0.381 e. The molecule has 1 atom stereocenters. The van der Waals surface area contributed by atoms with Gasteiger partial charge in [-0.3, -0.25) is 0 Å².